The molecular weight excluding hydrogens is 294 g/mol. The number of ether oxygens (including phenoxy) is 1. The van der Waals surface area contributed by atoms with Crippen LogP contribution in [0.2, 0.25) is 0 Å². The lowest BCUT2D eigenvalue weighted by Crippen LogP contribution is -2.29. The second kappa shape index (κ2) is 6.52. The zero-order valence-electron chi connectivity index (χ0n) is 12.5. The summed E-state index contributed by atoms with van der Waals surface area (Å²) in [5, 5.41) is 8.98. The third kappa shape index (κ3) is 3.51. The summed E-state index contributed by atoms with van der Waals surface area (Å²) in [6.45, 7) is 0.890. The largest absolute Gasteiger partial charge is 0.488 e. The van der Waals surface area contributed by atoms with Crippen molar-refractivity contribution in [1.29, 1.82) is 0 Å². The highest BCUT2D eigenvalue weighted by molar-refractivity contribution is 5.79. The quantitative estimate of drug-likeness (QED) is 0.880. The van der Waals surface area contributed by atoms with Crippen LogP contribution in [0.1, 0.15) is 16.8 Å². The molecule has 5 heteroatoms. The second-order valence-corrected chi connectivity index (χ2v) is 5.53. The van der Waals surface area contributed by atoms with E-state index in [2.05, 4.69) is 0 Å². The van der Waals surface area contributed by atoms with Crippen molar-refractivity contribution in [1.82, 2.24) is 4.90 Å². The van der Waals surface area contributed by atoms with Crippen molar-refractivity contribution in [2.75, 3.05) is 13.1 Å². The molecule has 118 valence electrons. The fourth-order valence-electron chi connectivity index (χ4n) is 2.73. The number of carbonyl (C=O) groups is 2. The predicted octanol–water partition coefficient (Wildman–Crippen LogP) is 3.30. The fraction of sp³-hybridized carbons (Fsp3) is 0.222. The molecular formula is C18H17NO4. The fourth-order valence-corrected chi connectivity index (χ4v) is 2.73. The van der Waals surface area contributed by atoms with E-state index in [1.54, 1.807) is 6.07 Å². The molecule has 1 unspecified atom stereocenters. The van der Waals surface area contributed by atoms with E-state index in [9.17, 15) is 9.59 Å². The van der Waals surface area contributed by atoms with E-state index >= 15 is 0 Å². The van der Waals surface area contributed by atoms with Crippen molar-refractivity contribution in [3.05, 3.63) is 54.1 Å². The van der Waals surface area contributed by atoms with Gasteiger partial charge in [0, 0.05) is 18.5 Å². The van der Waals surface area contributed by atoms with Crippen molar-refractivity contribution in [3.63, 3.8) is 0 Å². The molecule has 0 bridgehead atoms. The maximum absolute atomic E-state index is 10.9. The lowest BCUT2D eigenvalue weighted by Gasteiger charge is -2.15. The first-order valence-corrected chi connectivity index (χ1v) is 7.46. The lowest BCUT2D eigenvalue weighted by atomic mass is 10.0. The van der Waals surface area contributed by atoms with Crippen LogP contribution in [0.4, 0.5) is 4.79 Å². The molecule has 1 heterocycles. The maximum atomic E-state index is 10.9. The van der Waals surface area contributed by atoms with Crippen molar-refractivity contribution in [2.45, 2.75) is 12.5 Å². The Balaban J connectivity index is 1.75. The molecule has 1 N–H and O–H groups in total. The summed E-state index contributed by atoms with van der Waals surface area (Å²) in [7, 11) is 0. The average Bonchev–Trinajstić information content (AvgIpc) is 3.04. The number of nitrogens with zero attached hydrogens (tertiary/aromatic N) is 1. The summed E-state index contributed by atoms with van der Waals surface area (Å²) < 4.78 is 5.90. The number of hydrogen-bond donors (Lipinski definition) is 1. The van der Waals surface area contributed by atoms with Gasteiger partial charge < -0.3 is 14.7 Å². The highest BCUT2D eigenvalue weighted by atomic mass is 16.5. The van der Waals surface area contributed by atoms with Crippen LogP contribution in [-0.4, -0.2) is 41.6 Å². The van der Waals surface area contributed by atoms with Gasteiger partial charge in [0.05, 0.1) is 6.54 Å². The molecule has 0 radical (unpaired) electrons. The molecule has 1 atom stereocenters. The minimum atomic E-state index is -0.907. The minimum Gasteiger partial charge on any atom is -0.488 e. The molecule has 1 aliphatic heterocycles. The Labute approximate surface area is 134 Å². The third-order valence-corrected chi connectivity index (χ3v) is 3.91. The van der Waals surface area contributed by atoms with Crippen LogP contribution >= 0.6 is 0 Å². The monoisotopic (exact) mass is 311 g/mol. The van der Waals surface area contributed by atoms with Gasteiger partial charge in [-0.1, -0.05) is 30.3 Å². The summed E-state index contributed by atoms with van der Waals surface area (Å²) in [5.41, 5.74) is 2.53. The molecule has 1 aliphatic rings. The average molecular weight is 311 g/mol. The number of aldehydes is 1. The number of hydrogen-bond acceptors (Lipinski definition) is 3. The Morgan fingerprint density at radius 2 is 1.91 bits per heavy atom. The van der Waals surface area contributed by atoms with Crippen LogP contribution in [-0.2, 0) is 0 Å². The number of benzene rings is 2. The van der Waals surface area contributed by atoms with E-state index in [-0.39, 0.29) is 6.10 Å². The van der Waals surface area contributed by atoms with Crippen LogP contribution in [0.25, 0.3) is 11.1 Å². The molecule has 1 saturated heterocycles. The Hall–Kier alpha value is -2.82. The summed E-state index contributed by atoms with van der Waals surface area (Å²) in [4.78, 5) is 23.2. The Morgan fingerprint density at radius 1 is 1.17 bits per heavy atom. The minimum absolute atomic E-state index is 0.123. The Morgan fingerprint density at radius 3 is 2.61 bits per heavy atom. The molecule has 0 aliphatic carbocycles. The smallest absolute Gasteiger partial charge is 0.407 e. The predicted molar refractivity (Wildman–Crippen MR) is 85.9 cm³/mol. The number of carboxylic acid groups (broad SMARTS) is 1. The number of rotatable bonds is 4. The Kier molecular flexibility index (Phi) is 4.28. The van der Waals surface area contributed by atoms with Gasteiger partial charge in [-0.25, -0.2) is 4.79 Å². The van der Waals surface area contributed by atoms with E-state index in [1.807, 2.05) is 42.5 Å². The first kappa shape index (κ1) is 15.1. The maximum Gasteiger partial charge on any atom is 0.407 e. The molecule has 2 aromatic carbocycles. The van der Waals surface area contributed by atoms with Crippen LogP contribution in [0.3, 0.4) is 0 Å². The van der Waals surface area contributed by atoms with E-state index in [1.165, 1.54) is 4.90 Å². The van der Waals surface area contributed by atoms with Gasteiger partial charge in [0.15, 0.2) is 0 Å². The van der Waals surface area contributed by atoms with E-state index in [0.717, 1.165) is 17.4 Å². The zero-order chi connectivity index (χ0) is 16.2. The van der Waals surface area contributed by atoms with Gasteiger partial charge in [-0.15, -0.1) is 0 Å². The highest BCUT2D eigenvalue weighted by Crippen LogP contribution is 2.26. The first-order valence-electron chi connectivity index (χ1n) is 7.46. The van der Waals surface area contributed by atoms with Crippen molar-refractivity contribution < 1.29 is 19.4 Å². The highest BCUT2D eigenvalue weighted by Gasteiger charge is 2.27. The summed E-state index contributed by atoms with van der Waals surface area (Å²) in [5.74, 6) is 0.705. The second-order valence-electron chi connectivity index (χ2n) is 5.53. The van der Waals surface area contributed by atoms with Gasteiger partial charge in [0.2, 0.25) is 0 Å². The van der Waals surface area contributed by atoms with Gasteiger partial charge >= 0.3 is 6.09 Å². The molecule has 3 rings (SSSR count). The van der Waals surface area contributed by atoms with Crippen molar-refractivity contribution in [3.8, 4) is 16.9 Å². The molecule has 2 aromatic rings. The lowest BCUT2D eigenvalue weighted by molar-refractivity contribution is 0.112. The van der Waals surface area contributed by atoms with E-state index < -0.39 is 6.09 Å². The SMILES string of the molecule is O=Cc1cccc(-c2cccc(OC3CCN(C(=O)O)C3)c2)c1. The van der Waals surface area contributed by atoms with Crippen LogP contribution in [0, 0.1) is 0 Å². The van der Waals surface area contributed by atoms with Crippen molar-refractivity contribution >= 4 is 12.4 Å². The normalized spacial score (nSPS) is 17.0. The standard InChI is InChI=1S/C18H17NO4/c20-12-13-3-1-4-14(9-13)15-5-2-6-16(10-15)23-17-7-8-19(11-17)18(21)22/h1-6,9-10,12,17H,7-8,11H2,(H,21,22). The van der Waals surface area contributed by atoms with Gasteiger partial charge in [-0.05, 0) is 29.3 Å². The number of carbonyl (C=O) groups excluding carboxylic acids is 1. The molecule has 0 aromatic heterocycles. The Bertz CT molecular complexity index is 728. The van der Waals surface area contributed by atoms with E-state index in [0.29, 0.717) is 30.8 Å². The zero-order valence-corrected chi connectivity index (χ0v) is 12.5. The van der Waals surface area contributed by atoms with Crippen LogP contribution in [0.5, 0.6) is 5.75 Å². The number of amides is 1. The van der Waals surface area contributed by atoms with Gasteiger partial charge in [-0.2, -0.15) is 0 Å². The molecule has 5 nitrogen and oxygen atoms in total. The number of likely N-dealkylation sites (tertiary alicyclic amines) is 1. The van der Waals surface area contributed by atoms with Gasteiger partial charge in [-0.3, -0.25) is 4.79 Å². The summed E-state index contributed by atoms with van der Waals surface area (Å²) in [6.07, 6.45) is 0.484. The van der Waals surface area contributed by atoms with E-state index in [4.69, 9.17) is 9.84 Å². The molecule has 1 amide bonds. The third-order valence-electron chi connectivity index (χ3n) is 3.91. The summed E-state index contributed by atoms with van der Waals surface area (Å²) in [6, 6.07) is 15.0. The molecule has 0 saturated carbocycles. The van der Waals surface area contributed by atoms with Gasteiger partial charge in [0.25, 0.3) is 0 Å². The molecule has 23 heavy (non-hydrogen) atoms. The van der Waals surface area contributed by atoms with Gasteiger partial charge in [0.1, 0.15) is 18.1 Å². The first-order chi connectivity index (χ1) is 11.2. The summed E-state index contributed by atoms with van der Waals surface area (Å²) >= 11 is 0. The molecule has 1 fully saturated rings. The van der Waals surface area contributed by atoms with Crippen molar-refractivity contribution in [2.24, 2.45) is 0 Å². The molecule has 0 spiro atoms. The van der Waals surface area contributed by atoms with Crippen LogP contribution in [0.15, 0.2) is 48.5 Å². The topological polar surface area (TPSA) is 66.8 Å². The van der Waals surface area contributed by atoms with Crippen LogP contribution < -0.4 is 4.74 Å².